The van der Waals surface area contributed by atoms with E-state index in [-0.39, 0.29) is 41.8 Å². The number of aromatic hydroxyl groups is 1. The van der Waals surface area contributed by atoms with Gasteiger partial charge in [0, 0.05) is 17.7 Å². The number of methoxy groups -OCH3 is 1. The molecule has 0 aliphatic heterocycles. The molecule has 1 heterocycles. The van der Waals surface area contributed by atoms with Gasteiger partial charge in [-0.2, -0.15) is 9.97 Å². The molecule has 0 saturated heterocycles. The normalized spacial score (nSPS) is 16.3. The van der Waals surface area contributed by atoms with Gasteiger partial charge in [0.15, 0.2) is 0 Å². The fraction of sp³-hybridized carbons (Fsp3) is 0.263. The van der Waals surface area contributed by atoms with Gasteiger partial charge in [0.05, 0.1) is 19.8 Å². The number of aromatic nitrogens is 3. The smallest absolute Gasteiger partial charge is 0.351 e. The van der Waals surface area contributed by atoms with Crippen molar-refractivity contribution in [2.24, 2.45) is 5.92 Å². The van der Waals surface area contributed by atoms with Crippen molar-refractivity contribution in [3.05, 3.63) is 58.6 Å². The molecule has 152 valence electrons. The van der Waals surface area contributed by atoms with E-state index >= 15 is 0 Å². The van der Waals surface area contributed by atoms with E-state index < -0.39 is 11.7 Å². The van der Waals surface area contributed by atoms with Gasteiger partial charge in [-0.3, -0.25) is 4.98 Å². The van der Waals surface area contributed by atoms with Crippen LogP contribution in [0, 0.1) is 5.92 Å². The summed E-state index contributed by atoms with van der Waals surface area (Å²) in [6, 6.07) is 3.84. The molecule has 1 unspecified atom stereocenters. The van der Waals surface area contributed by atoms with Gasteiger partial charge in [0.1, 0.15) is 11.3 Å². The number of aromatic amines is 1. The van der Waals surface area contributed by atoms with Gasteiger partial charge >= 0.3 is 11.7 Å². The highest BCUT2D eigenvalue weighted by molar-refractivity contribution is 5.93. The fourth-order valence-electron chi connectivity index (χ4n) is 2.89. The highest BCUT2D eigenvalue weighted by atomic mass is 16.5. The molecular formula is C19H21N5O5. The van der Waals surface area contributed by atoms with Crippen molar-refractivity contribution >= 4 is 23.6 Å². The van der Waals surface area contributed by atoms with E-state index in [2.05, 4.69) is 30.3 Å². The molecule has 3 rings (SSSR count). The number of aliphatic hydroxyl groups excluding tert-OH is 1. The molecule has 0 radical (unpaired) electrons. The van der Waals surface area contributed by atoms with Crippen LogP contribution in [0.5, 0.6) is 5.75 Å². The number of hydrogen-bond acceptors (Lipinski definition) is 9. The summed E-state index contributed by atoms with van der Waals surface area (Å²) in [5.74, 6) is -0.791. The number of ether oxygens (including phenoxy) is 1. The molecular weight excluding hydrogens is 378 g/mol. The largest absolute Gasteiger partial charge is 0.507 e. The number of benzene rings is 1. The number of phenolic OH excluding ortho intramolecular Hbond substituents is 1. The van der Waals surface area contributed by atoms with E-state index in [1.165, 1.54) is 25.3 Å². The molecule has 29 heavy (non-hydrogen) atoms. The maximum Gasteiger partial charge on any atom is 0.351 e. The lowest BCUT2D eigenvalue weighted by Gasteiger charge is -2.24. The second kappa shape index (κ2) is 9.02. The summed E-state index contributed by atoms with van der Waals surface area (Å²) >= 11 is 0. The van der Waals surface area contributed by atoms with Crippen molar-refractivity contribution in [3.8, 4) is 5.75 Å². The van der Waals surface area contributed by atoms with Gasteiger partial charge < -0.3 is 25.6 Å². The zero-order valence-electron chi connectivity index (χ0n) is 15.6. The Labute approximate surface area is 166 Å². The van der Waals surface area contributed by atoms with Crippen molar-refractivity contribution in [1.29, 1.82) is 0 Å². The first kappa shape index (κ1) is 20.1. The Morgan fingerprint density at radius 1 is 1.38 bits per heavy atom. The van der Waals surface area contributed by atoms with Crippen molar-refractivity contribution in [2.75, 3.05) is 24.4 Å². The van der Waals surface area contributed by atoms with Gasteiger partial charge in [0.2, 0.25) is 11.9 Å². The first-order chi connectivity index (χ1) is 14.0. The third-order valence-corrected chi connectivity index (χ3v) is 4.36. The van der Waals surface area contributed by atoms with Crippen LogP contribution in [0.3, 0.4) is 0 Å². The highest BCUT2D eigenvalue weighted by Gasteiger charge is 2.20. The summed E-state index contributed by atoms with van der Waals surface area (Å²) in [6.07, 6.45) is 8.53. The predicted octanol–water partition coefficient (Wildman–Crippen LogP) is 1.31. The highest BCUT2D eigenvalue weighted by Crippen LogP contribution is 2.24. The zero-order valence-corrected chi connectivity index (χ0v) is 15.6. The number of H-pyrrole nitrogens is 1. The molecule has 1 aliphatic rings. The van der Waals surface area contributed by atoms with Crippen LogP contribution in [-0.2, 0) is 4.74 Å². The Morgan fingerprint density at radius 2 is 2.21 bits per heavy atom. The number of aliphatic hydroxyl groups is 1. The van der Waals surface area contributed by atoms with E-state index in [0.29, 0.717) is 5.69 Å². The second-order valence-electron chi connectivity index (χ2n) is 6.32. The number of carbonyl (C=O) groups is 1. The predicted molar refractivity (Wildman–Crippen MR) is 106 cm³/mol. The number of nitrogens with one attached hydrogen (secondary N) is 3. The molecule has 0 spiro atoms. The topological polar surface area (TPSA) is 149 Å². The summed E-state index contributed by atoms with van der Waals surface area (Å²) in [4.78, 5) is 33.9. The van der Waals surface area contributed by atoms with Gasteiger partial charge in [0.25, 0.3) is 0 Å². The molecule has 0 fully saturated rings. The molecule has 0 bridgehead atoms. The van der Waals surface area contributed by atoms with Crippen LogP contribution >= 0.6 is 0 Å². The molecule has 2 aromatic rings. The molecule has 0 amide bonds. The molecule has 1 aromatic heterocycles. The number of anilines is 3. The van der Waals surface area contributed by atoms with Crippen LogP contribution in [0.2, 0.25) is 0 Å². The number of carbonyl (C=O) groups excluding carboxylic acids is 1. The lowest BCUT2D eigenvalue weighted by atomic mass is 9.93. The van der Waals surface area contributed by atoms with Gasteiger partial charge in [-0.25, -0.2) is 9.59 Å². The average Bonchev–Trinajstić information content (AvgIpc) is 2.72. The van der Waals surface area contributed by atoms with Crippen molar-refractivity contribution < 1.29 is 19.7 Å². The number of esters is 1. The lowest BCUT2D eigenvalue weighted by molar-refractivity contribution is 0.0597. The first-order valence-electron chi connectivity index (χ1n) is 8.87. The van der Waals surface area contributed by atoms with Crippen LogP contribution in [0.1, 0.15) is 16.8 Å². The lowest BCUT2D eigenvalue weighted by Crippen LogP contribution is -2.34. The summed E-state index contributed by atoms with van der Waals surface area (Å²) in [7, 11) is 1.22. The minimum Gasteiger partial charge on any atom is -0.507 e. The van der Waals surface area contributed by atoms with E-state index in [0.717, 1.165) is 6.42 Å². The van der Waals surface area contributed by atoms with E-state index in [1.54, 1.807) is 0 Å². The summed E-state index contributed by atoms with van der Waals surface area (Å²) in [5.41, 5.74) is -0.248. The Balaban J connectivity index is 1.77. The maximum absolute atomic E-state index is 11.9. The Bertz CT molecular complexity index is 1000. The fourth-order valence-corrected chi connectivity index (χ4v) is 2.89. The zero-order chi connectivity index (χ0) is 20.8. The third-order valence-electron chi connectivity index (χ3n) is 4.36. The van der Waals surface area contributed by atoms with Gasteiger partial charge in [-0.05, 0) is 18.6 Å². The number of allylic oxidation sites excluding steroid dienone is 3. The molecule has 2 atom stereocenters. The first-order valence-corrected chi connectivity index (χ1v) is 8.87. The van der Waals surface area contributed by atoms with E-state index in [4.69, 9.17) is 0 Å². The van der Waals surface area contributed by atoms with Crippen LogP contribution in [0.4, 0.5) is 17.6 Å². The number of rotatable bonds is 7. The Kier molecular flexibility index (Phi) is 6.25. The van der Waals surface area contributed by atoms with Crippen LogP contribution < -0.4 is 16.3 Å². The van der Waals surface area contributed by atoms with E-state index in [1.807, 2.05) is 24.3 Å². The van der Waals surface area contributed by atoms with Gasteiger partial charge in [-0.15, -0.1) is 0 Å². The second-order valence-corrected chi connectivity index (χ2v) is 6.32. The average molecular weight is 399 g/mol. The Hall–Kier alpha value is -3.66. The molecule has 10 heteroatoms. The van der Waals surface area contributed by atoms with Crippen LogP contribution in [0.15, 0.2) is 47.3 Å². The Morgan fingerprint density at radius 3 is 2.86 bits per heavy atom. The van der Waals surface area contributed by atoms with Crippen molar-refractivity contribution in [3.63, 3.8) is 0 Å². The molecule has 10 nitrogen and oxygen atoms in total. The van der Waals surface area contributed by atoms with E-state index in [9.17, 15) is 19.8 Å². The van der Waals surface area contributed by atoms with Crippen molar-refractivity contribution in [2.45, 2.75) is 12.5 Å². The molecule has 1 aliphatic carbocycles. The van der Waals surface area contributed by atoms with Crippen LogP contribution in [-0.4, -0.2) is 50.9 Å². The maximum atomic E-state index is 11.9. The molecule has 5 N–H and O–H groups in total. The molecule has 1 aromatic carbocycles. The monoisotopic (exact) mass is 399 g/mol. The van der Waals surface area contributed by atoms with Crippen LogP contribution in [0.25, 0.3) is 0 Å². The minimum atomic E-state index is -0.669. The SMILES string of the molecule is COC(=O)c1ccc(Nc2nc(N[C@H](CO)C3C=CC=CC3)nc(=O)[nH]2)cc1O. The third kappa shape index (κ3) is 4.99. The number of nitrogens with zero attached hydrogens (tertiary/aromatic N) is 2. The summed E-state index contributed by atoms with van der Waals surface area (Å²) in [6.45, 7) is -0.162. The summed E-state index contributed by atoms with van der Waals surface area (Å²) < 4.78 is 4.58. The quantitative estimate of drug-likeness (QED) is 0.434. The standard InChI is InChI=1S/C19H21N5O5/c1-29-16(27)13-8-7-12(9-15(13)26)20-17-22-18(24-19(28)23-17)21-14(10-25)11-5-3-2-4-6-11/h2-5,7-9,11,14,25-26H,6,10H2,1H3,(H3,20,21,22,23,24,28)/t11?,14-/m1/s1. The number of phenols is 1. The number of hydrogen-bond donors (Lipinski definition) is 5. The van der Waals surface area contributed by atoms with Crippen molar-refractivity contribution in [1.82, 2.24) is 15.0 Å². The molecule has 0 saturated carbocycles. The summed E-state index contributed by atoms with van der Waals surface area (Å²) in [5, 5.41) is 25.5. The van der Waals surface area contributed by atoms with Gasteiger partial charge in [-0.1, -0.05) is 24.3 Å². The minimum absolute atomic E-state index is 0.0111.